The molecule has 0 fully saturated rings. The molecular weight excluding hydrogens is 352 g/mol. The summed E-state index contributed by atoms with van der Waals surface area (Å²) in [6.45, 7) is 2.96. The number of benzene rings is 2. The number of oxazole rings is 1. The number of amides is 1. The number of carbonyl (C=O) groups excluding carboxylic acids is 1. The van der Waals surface area contributed by atoms with Crippen LogP contribution in [0, 0.1) is 12.7 Å². The molecule has 1 amide bonds. The van der Waals surface area contributed by atoms with E-state index in [0.29, 0.717) is 27.1 Å². The van der Waals surface area contributed by atoms with E-state index in [1.807, 2.05) is 0 Å². The van der Waals surface area contributed by atoms with Gasteiger partial charge in [-0.3, -0.25) is 4.79 Å². The van der Waals surface area contributed by atoms with Crippen molar-refractivity contribution in [3.63, 3.8) is 0 Å². The predicted molar refractivity (Wildman–Crippen MR) is 88.2 cm³/mol. The van der Waals surface area contributed by atoms with Gasteiger partial charge in [-0.15, -0.1) is 0 Å². The van der Waals surface area contributed by atoms with E-state index in [1.165, 1.54) is 43.3 Å². The number of alkyl halides is 3. The molecule has 0 unspecified atom stereocenters. The van der Waals surface area contributed by atoms with E-state index < -0.39 is 17.9 Å². The Hall–Kier alpha value is -2.90. The fourth-order valence-electron chi connectivity index (χ4n) is 2.65. The van der Waals surface area contributed by atoms with Crippen molar-refractivity contribution in [1.82, 2.24) is 4.98 Å². The van der Waals surface area contributed by atoms with Crippen molar-refractivity contribution in [3.8, 4) is 11.5 Å². The van der Waals surface area contributed by atoms with Gasteiger partial charge in [0.05, 0.1) is 0 Å². The highest BCUT2D eigenvalue weighted by Gasteiger charge is 2.42. The van der Waals surface area contributed by atoms with Crippen LogP contribution in [0.15, 0.2) is 40.8 Å². The van der Waals surface area contributed by atoms with Crippen molar-refractivity contribution in [2.45, 2.75) is 20.0 Å². The van der Waals surface area contributed by atoms with Gasteiger partial charge in [0.1, 0.15) is 11.3 Å². The molecule has 0 saturated heterocycles. The molecule has 2 aromatic carbocycles. The van der Waals surface area contributed by atoms with Crippen molar-refractivity contribution in [2.75, 3.05) is 11.4 Å². The van der Waals surface area contributed by atoms with Gasteiger partial charge in [-0.05, 0) is 55.8 Å². The lowest BCUT2D eigenvalue weighted by Gasteiger charge is -2.22. The van der Waals surface area contributed by atoms with Crippen LogP contribution in [0.4, 0.5) is 23.2 Å². The molecule has 26 heavy (non-hydrogen) atoms. The summed E-state index contributed by atoms with van der Waals surface area (Å²) < 4.78 is 57.1. The van der Waals surface area contributed by atoms with Crippen LogP contribution in [0.25, 0.3) is 22.6 Å². The van der Waals surface area contributed by atoms with Crippen molar-refractivity contribution in [3.05, 3.63) is 47.8 Å². The molecule has 0 radical (unpaired) electrons. The monoisotopic (exact) mass is 366 g/mol. The Balaban J connectivity index is 2.07. The zero-order valence-corrected chi connectivity index (χ0v) is 13.9. The van der Waals surface area contributed by atoms with Crippen LogP contribution in [0.5, 0.6) is 0 Å². The fourth-order valence-corrected chi connectivity index (χ4v) is 2.65. The Kier molecular flexibility index (Phi) is 4.43. The minimum Gasteiger partial charge on any atom is -0.436 e. The van der Waals surface area contributed by atoms with E-state index in [0.717, 1.165) is 0 Å². The second-order valence-electron chi connectivity index (χ2n) is 5.68. The zero-order valence-electron chi connectivity index (χ0n) is 13.9. The van der Waals surface area contributed by atoms with E-state index in [4.69, 9.17) is 4.42 Å². The van der Waals surface area contributed by atoms with Crippen molar-refractivity contribution >= 4 is 22.7 Å². The number of nitrogens with zero attached hydrogens (tertiary/aromatic N) is 2. The molecule has 4 nitrogen and oxygen atoms in total. The first-order valence-corrected chi connectivity index (χ1v) is 7.76. The smallest absolute Gasteiger partial charge is 0.436 e. The lowest BCUT2D eigenvalue weighted by Crippen LogP contribution is -2.41. The van der Waals surface area contributed by atoms with Gasteiger partial charge in [-0.1, -0.05) is 0 Å². The standard InChI is InChI=1S/C18H14F4N2O2/c1-3-24(17(25)18(20,21)22)13-8-10(2)15-14(9-13)23-16(26-15)11-4-6-12(19)7-5-11/h4-9H,3H2,1-2H3. The minimum atomic E-state index is -4.97. The second kappa shape index (κ2) is 6.44. The summed E-state index contributed by atoms with van der Waals surface area (Å²) in [6.07, 6.45) is -4.97. The number of aryl methyl sites for hydroxylation is 1. The topological polar surface area (TPSA) is 46.3 Å². The van der Waals surface area contributed by atoms with Gasteiger partial charge in [-0.25, -0.2) is 9.37 Å². The number of halogens is 4. The van der Waals surface area contributed by atoms with Crippen LogP contribution in [-0.2, 0) is 4.79 Å². The van der Waals surface area contributed by atoms with E-state index in [2.05, 4.69) is 4.98 Å². The molecule has 1 aromatic heterocycles. The first-order chi connectivity index (χ1) is 12.2. The predicted octanol–water partition coefficient (Wildman–Crippen LogP) is 4.86. The van der Waals surface area contributed by atoms with Crippen LogP contribution in [-0.4, -0.2) is 23.6 Å². The van der Waals surface area contributed by atoms with Crippen molar-refractivity contribution in [1.29, 1.82) is 0 Å². The number of rotatable bonds is 3. The maximum Gasteiger partial charge on any atom is 0.471 e. The molecule has 0 saturated carbocycles. The van der Waals surface area contributed by atoms with Gasteiger partial charge in [0.15, 0.2) is 5.58 Å². The summed E-state index contributed by atoms with van der Waals surface area (Å²) in [5, 5.41) is 0. The molecule has 136 valence electrons. The average Bonchev–Trinajstić information content (AvgIpc) is 3.00. The van der Waals surface area contributed by atoms with Crippen molar-refractivity contribution < 1.29 is 26.8 Å². The highest BCUT2D eigenvalue weighted by molar-refractivity contribution is 5.99. The number of anilines is 1. The third kappa shape index (κ3) is 3.26. The summed E-state index contributed by atoms with van der Waals surface area (Å²) in [5.41, 5.74) is 1.85. The highest BCUT2D eigenvalue weighted by atomic mass is 19.4. The molecular formula is C18H14F4N2O2. The molecule has 1 heterocycles. The zero-order chi connectivity index (χ0) is 19.1. The molecule has 0 aliphatic heterocycles. The van der Waals surface area contributed by atoms with E-state index in [1.54, 1.807) is 6.92 Å². The minimum absolute atomic E-state index is 0.0822. The van der Waals surface area contributed by atoms with Crippen LogP contribution >= 0.6 is 0 Å². The van der Waals surface area contributed by atoms with E-state index in [-0.39, 0.29) is 18.1 Å². The Bertz CT molecular complexity index is 962. The molecule has 3 aromatic rings. The van der Waals surface area contributed by atoms with Crippen LogP contribution in [0.2, 0.25) is 0 Å². The van der Waals surface area contributed by atoms with Gasteiger partial charge in [0.25, 0.3) is 0 Å². The molecule has 0 spiro atoms. The maximum atomic E-state index is 13.0. The SMILES string of the molecule is CCN(C(=O)C(F)(F)F)c1cc(C)c2oc(-c3ccc(F)cc3)nc2c1. The average molecular weight is 366 g/mol. The molecule has 3 rings (SSSR count). The largest absolute Gasteiger partial charge is 0.471 e. The van der Waals surface area contributed by atoms with Gasteiger partial charge in [0.2, 0.25) is 5.89 Å². The number of fused-ring (bicyclic) bond motifs is 1. The number of hydrogen-bond donors (Lipinski definition) is 0. The van der Waals surface area contributed by atoms with Crippen LogP contribution in [0.1, 0.15) is 12.5 Å². The number of hydrogen-bond acceptors (Lipinski definition) is 3. The molecule has 0 aliphatic carbocycles. The summed E-state index contributed by atoms with van der Waals surface area (Å²) >= 11 is 0. The first-order valence-electron chi connectivity index (χ1n) is 7.76. The summed E-state index contributed by atoms with van der Waals surface area (Å²) in [6, 6.07) is 8.29. The van der Waals surface area contributed by atoms with Crippen molar-refractivity contribution in [2.24, 2.45) is 0 Å². The van der Waals surface area contributed by atoms with Gasteiger partial charge in [-0.2, -0.15) is 13.2 Å². The van der Waals surface area contributed by atoms with E-state index in [9.17, 15) is 22.4 Å². The van der Waals surface area contributed by atoms with E-state index >= 15 is 0 Å². The lowest BCUT2D eigenvalue weighted by atomic mass is 10.1. The molecule has 0 N–H and O–H groups in total. The molecule has 8 heteroatoms. The summed E-state index contributed by atoms with van der Waals surface area (Å²) in [5.74, 6) is -2.14. The van der Waals surface area contributed by atoms with Gasteiger partial charge < -0.3 is 9.32 Å². The lowest BCUT2D eigenvalue weighted by molar-refractivity contribution is -0.170. The van der Waals surface area contributed by atoms with Gasteiger partial charge >= 0.3 is 12.1 Å². The Labute approximate surface area is 146 Å². The third-order valence-electron chi connectivity index (χ3n) is 3.87. The van der Waals surface area contributed by atoms with Gasteiger partial charge in [0, 0.05) is 17.8 Å². The molecule has 0 bridgehead atoms. The number of carbonyl (C=O) groups is 1. The number of aromatic nitrogens is 1. The highest BCUT2D eigenvalue weighted by Crippen LogP contribution is 2.32. The quantitative estimate of drug-likeness (QED) is 0.622. The summed E-state index contributed by atoms with van der Waals surface area (Å²) in [4.78, 5) is 16.5. The summed E-state index contributed by atoms with van der Waals surface area (Å²) in [7, 11) is 0. The second-order valence-corrected chi connectivity index (χ2v) is 5.68. The molecule has 0 atom stereocenters. The Morgan fingerprint density at radius 1 is 1.19 bits per heavy atom. The normalized spacial score (nSPS) is 11.8. The maximum absolute atomic E-state index is 13.0. The fraction of sp³-hybridized carbons (Fsp3) is 0.222. The van der Waals surface area contributed by atoms with Crippen LogP contribution in [0.3, 0.4) is 0 Å². The van der Waals surface area contributed by atoms with Crippen LogP contribution < -0.4 is 4.90 Å². The third-order valence-corrected chi connectivity index (χ3v) is 3.87. The molecule has 0 aliphatic rings. The Morgan fingerprint density at radius 2 is 1.85 bits per heavy atom. The first kappa shape index (κ1) is 17.9. The Morgan fingerprint density at radius 3 is 2.42 bits per heavy atom.